The summed E-state index contributed by atoms with van der Waals surface area (Å²) in [6.07, 6.45) is 2.66. The molecule has 29 heavy (non-hydrogen) atoms. The number of rotatable bonds is 6. The third-order valence-corrected chi connectivity index (χ3v) is 7.37. The van der Waals surface area contributed by atoms with Gasteiger partial charge in [-0.25, -0.2) is 0 Å². The molecule has 0 spiro atoms. The number of carbonyl (C=O) groups is 1. The van der Waals surface area contributed by atoms with Gasteiger partial charge in [-0.3, -0.25) is 4.79 Å². The van der Waals surface area contributed by atoms with E-state index in [4.69, 9.17) is 28.9 Å². The summed E-state index contributed by atoms with van der Waals surface area (Å²) < 4.78 is 1.64. The van der Waals surface area contributed by atoms with E-state index in [1.54, 1.807) is 12.1 Å². The van der Waals surface area contributed by atoms with Gasteiger partial charge in [-0.05, 0) is 93.2 Å². The number of likely N-dealkylation sites (N-methyl/N-ethyl adjacent to an activating group) is 1. The number of anilines is 1. The molecule has 0 unspecified atom stereocenters. The third-order valence-electron chi connectivity index (χ3n) is 5.32. The van der Waals surface area contributed by atoms with Crippen LogP contribution in [0.5, 0.6) is 0 Å². The first-order valence-electron chi connectivity index (χ1n) is 9.42. The Labute approximate surface area is 198 Å². The van der Waals surface area contributed by atoms with E-state index in [0.717, 1.165) is 39.7 Å². The molecule has 2 aromatic carbocycles. The summed E-state index contributed by atoms with van der Waals surface area (Å²) in [7, 11) is 1.86. The zero-order valence-corrected chi connectivity index (χ0v) is 20.8. The smallest absolute Gasteiger partial charge is 0.227 e. The zero-order chi connectivity index (χ0) is 21.1. The lowest BCUT2D eigenvalue weighted by atomic mass is 10.0. The van der Waals surface area contributed by atoms with E-state index in [1.165, 1.54) is 12.8 Å². The molecule has 1 heterocycles. The van der Waals surface area contributed by atoms with Gasteiger partial charge in [-0.1, -0.05) is 29.3 Å². The number of halogens is 4. The van der Waals surface area contributed by atoms with Crippen LogP contribution in [-0.4, -0.2) is 42.4 Å². The van der Waals surface area contributed by atoms with Crippen molar-refractivity contribution in [2.45, 2.75) is 25.3 Å². The lowest BCUT2D eigenvalue weighted by Crippen LogP contribution is -2.39. The number of hydrogen-bond donors (Lipinski definition) is 1. The number of benzene rings is 2. The molecule has 1 amide bonds. The number of amides is 1. The Hall–Kier alpha value is -0.790. The second kappa shape index (κ2) is 10.0. The van der Waals surface area contributed by atoms with Crippen LogP contribution < -0.4 is 5.73 Å². The van der Waals surface area contributed by atoms with Gasteiger partial charge in [0.15, 0.2) is 0 Å². The van der Waals surface area contributed by atoms with E-state index in [2.05, 4.69) is 36.8 Å². The summed E-state index contributed by atoms with van der Waals surface area (Å²) in [5.74, 6) is 0.0247. The maximum Gasteiger partial charge on any atom is 0.227 e. The molecule has 8 heteroatoms. The Kier molecular flexibility index (Phi) is 7.90. The maximum atomic E-state index is 13.1. The summed E-state index contributed by atoms with van der Waals surface area (Å²) in [5, 5.41) is 0.944. The fraction of sp³-hybridized carbons (Fsp3) is 0.381. The molecular weight excluding hydrogens is 541 g/mol. The molecule has 1 saturated heterocycles. The van der Waals surface area contributed by atoms with Crippen LogP contribution in [0, 0.1) is 0 Å². The van der Waals surface area contributed by atoms with Crippen LogP contribution in [0.2, 0.25) is 10.0 Å². The second-order valence-corrected chi connectivity index (χ2v) is 9.87. The highest BCUT2D eigenvalue weighted by molar-refractivity contribution is 9.11. The molecule has 156 valence electrons. The molecule has 1 fully saturated rings. The highest BCUT2D eigenvalue weighted by atomic mass is 79.9. The van der Waals surface area contributed by atoms with Crippen molar-refractivity contribution in [3.8, 4) is 0 Å². The average Bonchev–Trinajstić information content (AvgIpc) is 3.19. The fourth-order valence-corrected chi connectivity index (χ4v) is 5.12. The number of nitrogens with zero attached hydrogens (tertiary/aromatic N) is 2. The fourth-order valence-electron chi connectivity index (χ4n) is 3.58. The first-order chi connectivity index (χ1) is 13.8. The molecule has 2 N–H and O–H groups in total. The molecule has 1 aliphatic heterocycles. The Morgan fingerprint density at radius 1 is 1.14 bits per heavy atom. The summed E-state index contributed by atoms with van der Waals surface area (Å²) in [4.78, 5) is 17.4. The summed E-state index contributed by atoms with van der Waals surface area (Å²) in [6, 6.07) is 9.24. The van der Waals surface area contributed by atoms with Gasteiger partial charge in [0.05, 0.1) is 28.2 Å². The van der Waals surface area contributed by atoms with Crippen LogP contribution in [0.4, 0.5) is 5.69 Å². The largest absolute Gasteiger partial charge is 0.397 e. The molecule has 0 aliphatic carbocycles. The molecule has 1 atom stereocenters. The third kappa shape index (κ3) is 5.67. The van der Waals surface area contributed by atoms with E-state index in [0.29, 0.717) is 15.7 Å². The van der Waals surface area contributed by atoms with Crippen molar-refractivity contribution in [3.05, 3.63) is 60.4 Å². The van der Waals surface area contributed by atoms with Crippen molar-refractivity contribution in [2.75, 3.05) is 32.4 Å². The van der Waals surface area contributed by atoms with Crippen LogP contribution in [0.3, 0.4) is 0 Å². The van der Waals surface area contributed by atoms with Gasteiger partial charge >= 0.3 is 0 Å². The van der Waals surface area contributed by atoms with Gasteiger partial charge in [0.25, 0.3) is 0 Å². The Morgan fingerprint density at radius 2 is 1.76 bits per heavy atom. The number of likely N-dealkylation sites (tertiary alicyclic amines) is 1. The van der Waals surface area contributed by atoms with Crippen LogP contribution in [-0.2, 0) is 11.2 Å². The lowest BCUT2D eigenvalue weighted by Gasteiger charge is -2.32. The van der Waals surface area contributed by atoms with Crippen molar-refractivity contribution in [3.63, 3.8) is 0 Å². The molecule has 2 aromatic rings. The minimum Gasteiger partial charge on any atom is -0.397 e. The van der Waals surface area contributed by atoms with Gasteiger partial charge in [0.2, 0.25) is 5.91 Å². The number of nitrogens with two attached hydrogens (primary N) is 1. The van der Waals surface area contributed by atoms with E-state index >= 15 is 0 Å². The summed E-state index contributed by atoms with van der Waals surface area (Å²) >= 11 is 19.2. The lowest BCUT2D eigenvalue weighted by molar-refractivity contribution is -0.131. The Morgan fingerprint density at radius 3 is 2.34 bits per heavy atom. The van der Waals surface area contributed by atoms with Crippen molar-refractivity contribution in [2.24, 2.45) is 0 Å². The Bertz CT molecular complexity index is 880. The molecule has 1 aliphatic rings. The second-order valence-electron chi connectivity index (χ2n) is 7.35. The molecule has 3 rings (SSSR count). The first-order valence-corrected chi connectivity index (χ1v) is 11.8. The topological polar surface area (TPSA) is 49.6 Å². The van der Waals surface area contributed by atoms with Crippen LogP contribution >= 0.6 is 55.1 Å². The van der Waals surface area contributed by atoms with Crippen LogP contribution in [0.1, 0.15) is 30.0 Å². The highest BCUT2D eigenvalue weighted by Gasteiger charge is 2.26. The van der Waals surface area contributed by atoms with E-state index < -0.39 is 0 Å². The maximum absolute atomic E-state index is 13.1. The van der Waals surface area contributed by atoms with Gasteiger partial charge in [0, 0.05) is 22.5 Å². The van der Waals surface area contributed by atoms with Gasteiger partial charge in [0.1, 0.15) is 0 Å². The van der Waals surface area contributed by atoms with Crippen LogP contribution in [0.25, 0.3) is 0 Å². The molecule has 0 saturated carbocycles. The highest BCUT2D eigenvalue weighted by Crippen LogP contribution is 2.34. The van der Waals surface area contributed by atoms with Crippen molar-refractivity contribution >= 4 is 66.7 Å². The number of carbonyl (C=O) groups excluding carboxylic acids is 1. The quantitative estimate of drug-likeness (QED) is 0.443. The number of hydrogen-bond acceptors (Lipinski definition) is 3. The van der Waals surface area contributed by atoms with Crippen molar-refractivity contribution < 1.29 is 4.79 Å². The summed E-state index contributed by atoms with van der Waals surface area (Å²) in [6.45, 7) is 2.90. The minimum absolute atomic E-state index is 0.0247. The normalized spacial score (nSPS) is 15.5. The zero-order valence-electron chi connectivity index (χ0n) is 16.1. The van der Waals surface area contributed by atoms with Crippen molar-refractivity contribution in [1.82, 2.24) is 9.80 Å². The molecule has 0 aromatic heterocycles. The van der Waals surface area contributed by atoms with Gasteiger partial charge in [-0.15, -0.1) is 0 Å². The Balaban J connectivity index is 1.85. The SMILES string of the molecule is CN(C(=O)Cc1ccc(Cl)c(Cl)c1)[C@H](CN1CCCC1)c1cc(Br)c(N)c(Br)c1. The molecule has 4 nitrogen and oxygen atoms in total. The number of nitrogen functional groups attached to an aromatic ring is 1. The minimum atomic E-state index is -0.0865. The predicted octanol–water partition coefficient (Wildman–Crippen LogP) is 5.94. The summed E-state index contributed by atoms with van der Waals surface area (Å²) in [5.41, 5.74) is 8.60. The van der Waals surface area contributed by atoms with Gasteiger partial charge in [-0.2, -0.15) is 0 Å². The monoisotopic (exact) mass is 561 g/mol. The van der Waals surface area contributed by atoms with Gasteiger partial charge < -0.3 is 15.5 Å². The molecule has 0 radical (unpaired) electrons. The van der Waals surface area contributed by atoms with E-state index in [-0.39, 0.29) is 18.4 Å². The average molecular weight is 564 g/mol. The predicted molar refractivity (Wildman–Crippen MR) is 128 cm³/mol. The van der Waals surface area contributed by atoms with Crippen LogP contribution in [0.15, 0.2) is 39.3 Å². The van der Waals surface area contributed by atoms with E-state index in [1.807, 2.05) is 30.1 Å². The molecule has 0 bridgehead atoms. The van der Waals surface area contributed by atoms with E-state index in [9.17, 15) is 4.79 Å². The molecular formula is C21H23Br2Cl2N3O. The first kappa shape index (κ1) is 22.9. The standard InChI is InChI=1S/C21H23Br2Cl2N3O/c1-27(20(29)9-13-4-5-17(24)18(25)8-13)19(12-28-6-2-3-7-28)14-10-15(22)21(26)16(23)11-14/h4-5,8,10-11,19H,2-3,6-7,9,12,26H2,1H3/t19-/m1/s1. The van der Waals surface area contributed by atoms with Crippen molar-refractivity contribution in [1.29, 1.82) is 0 Å².